The lowest BCUT2D eigenvalue weighted by Crippen LogP contribution is -2.06. The molecular formula is C9H7ClFNO4. The van der Waals surface area contributed by atoms with Crippen LogP contribution in [0.2, 0.25) is 5.02 Å². The molecule has 0 amide bonds. The Labute approximate surface area is 94.9 Å². The predicted molar refractivity (Wildman–Crippen MR) is 54.0 cm³/mol. The molecule has 5 nitrogen and oxygen atoms in total. The number of halogens is 2. The van der Waals surface area contributed by atoms with E-state index in [0.29, 0.717) is 0 Å². The molecule has 0 saturated carbocycles. The van der Waals surface area contributed by atoms with Crippen molar-refractivity contribution in [3.8, 4) is 0 Å². The zero-order valence-electron chi connectivity index (χ0n) is 8.20. The third-order valence-corrected chi connectivity index (χ3v) is 2.00. The Kier molecular flexibility index (Phi) is 3.78. The largest absolute Gasteiger partial charge is 0.462 e. The summed E-state index contributed by atoms with van der Waals surface area (Å²) in [5.41, 5.74) is -1.01. The van der Waals surface area contributed by atoms with E-state index >= 15 is 0 Å². The fourth-order valence-corrected chi connectivity index (χ4v) is 1.35. The van der Waals surface area contributed by atoms with Crippen molar-refractivity contribution < 1.29 is 18.8 Å². The van der Waals surface area contributed by atoms with Gasteiger partial charge in [0.1, 0.15) is 5.02 Å². The zero-order chi connectivity index (χ0) is 12.3. The van der Waals surface area contributed by atoms with Gasteiger partial charge >= 0.3 is 11.7 Å². The van der Waals surface area contributed by atoms with E-state index in [9.17, 15) is 19.3 Å². The van der Waals surface area contributed by atoms with Gasteiger partial charge in [-0.05, 0) is 19.1 Å². The van der Waals surface area contributed by atoms with Crippen LogP contribution >= 0.6 is 11.6 Å². The van der Waals surface area contributed by atoms with E-state index in [0.717, 1.165) is 12.1 Å². The molecule has 0 radical (unpaired) electrons. The molecule has 0 aliphatic rings. The molecule has 86 valence electrons. The van der Waals surface area contributed by atoms with Crippen LogP contribution in [0.4, 0.5) is 10.1 Å². The van der Waals surface area contributed by atoms with Gasteiger partial charge in [-0.25, -0.2) is 4.79 Å². The highest BCUT2D eigenvalue weighted by atomic mass is 35.5. The number of rotatable bonds is 3. The van der Waals surface area contributed by atoms with E-state index in [1.54, 1.807) is 6.92 Å². The summed E-state index contributed by atoms with van der Waals surface area (Å²) in [5, 5.41) is 9.98. The number of nitrogens with zero attached hydrogens (tertiary/aromatic N) is 1. The first-order chi connectivity index (χ1) is 7.47. The summed E-state index contributed by atoms with van der Waals surface area (Å²) in [4.78, 5) is 20.7. The highest BCUT2D eigenvalue weighted by molar-refractivity contribution is 6.33. The number of nitro groups is 1. The van der Waals surface area contributed by atoms with Crippen LogP contribution in [0.5, 0.6) is 0 Å². The van der Waals surface area contributed by atoms with Crippen LogP contribution in [0.3, 0.4) is 0 Å². The first kappa shape index (κ1) is 12.4. The van der Waals surface area contributed by atoms with Crippen molar-refractivity contribution in [2.24, 2.45) is 0 Å². The van der Waals surface area contributed by atoms with Gasteiger partial charge < -0.3 is 4.74 Å². The number of hydrogen-bond acceptors (Lipinski definition) is 4. The van der Waals surface area contributed by atoms with Crippen molar-refractivity contribution in [1.29, 1.82) is 0 Å². The quantitative estimate of drug-likeness (QED) is 0.468. The summed E-state index contributed by atoms with van der Waals surface area (Å²) >= 11 is 5.48. The van der Waals surface area contributed by atoms with Crippen LogP contribution in [0.15, 0.2) is 12.1 Å². The number of nitro benzene ring substituents is 1. The molecule has 16 heavy (non-hydrogen) atoms. The van der Waals surface area contributed by atoms with Gasteiger partial charge in [0, 0.05) is 0 Å². The maximum Gasteiger partial charge on any atom is 0.338 e. The van der Waals surface area contributed by atoms with Gasteiger partial charge in [0.15, 0.2) is 0 Å². The summed E-state index contributed by atoms with van der Waals surface area (Å²) in [6.07, 6.45) is 0. The lowest BCUT2D eigenvalue weighted by molar-refractivity contribution is -0.387. The van der Waals surface area contributed by atoms with Crippen molar-refractivity contribution in [3.05, 3.63) is 38.7 Å². The number of benzene rings is 1. The molecule has 0 fully saturated rings. The lowest BCUT2D eigenvalue weighted by Gasteiger charge is -2.03. The van der Waals surface area contributed by atoms with Crippen molar-refractivity contribution in [3.63, 3.8) is 0 Å². The second-order valence-corrected chi connectivity index (χ2v) is 3.17. The molecule has 0 aromatic heterocycles. The van der Waals surface area contributed by atoms with Gasteiger partial charge in [-0.1, -0.05) is 11.6 Å². The molecule has 0 bridgehead atoms. The summed E-state index contributed by atoms with van der Waals surface area (Å²) in [6, 6.07) is 1.72. The molecule has 0 spiro atoms. The first-order valence-corrected chi connectivity index (χ1v) is 4.65. The van der Waals surface area contributed by atoms with E-state index in [1.807, 2.05) is 0 Å². The molecule has 0 aliphatic heterocycles. The van der Waals surface area contributed by atoms with Crippen LogP contribution in [-0.2, 0) is 4.74 Å². The predicted octanol–water partition coefficient (Wildman–Crippen LogP) is 2.56. The molecule has 7 heteroatoms. The Morgan fingerprint density at radius 1 is 1.62 bits per heavy atom. The van der Waals surface area contributed by atoms with Crippen LogP contribution in [0, 0.1) is 15.9 Å². The summed E-state index contributed by atoms with van der Waals surface area (Å²) < 4.78 is 17.8. The van der Waals surface area contributed by atoms with Gasteiger partial charge in [0.2, 0.25) is 5.82 Å². The Hall–Kier alpha value is -1.69. The molecule has 0 unspecified atom stereocenters. The molecule has 0 N–H and O–H groups in total. The second-order valence-electron chi connectivity index (χ2n) is 2.77. The fourth-order valence-electron chi connectivity index (χ4n) is 1.07. The van der Waals surface area contributed by atoms with Gasteiger partial charge in [-0.15, -0.1) is 0 Å². The highest BCUT2D eigenvalue weighted by Crippen LogP contribution is 2.28. The van der Waals surface area contributed by atoms with E-state index in [1.165, 1.54) is 0 Å². The van der Waals surface area contributed by atoms with Gasteiger partial charge in [-0.3, -0.25) is 10.1 Å². The average molecular weight is 248 g/mol. The van der Waals surface area contributed by atoms with Crippen LogP contribution in [0.1, 0.15) is 17.3 Å². The Morgan fingerprint density at radius 2 is 2.25 bits per heavy atom. The minimum atomic E-state index is -1.17. The fraction of sp³-hybridized carbons (Fsp3) is 0.222. The number of ether oxygens (including phenoxy) is 1. The molecule has 0 aliphatic carbocycles. The topological polar surface area (TPSA) is 69.4 Å². The molecular weight excluding hydrogens is 241 g/mol. The van der Waals surface area contributed by atoms with Crippen molar-refractivity contribution >= 4 is 23.3 Å². The molecule has 1 aromatic carbocycles. The van der Waals surface area contributed by atoms with Crippen LogP contribution < -0.4 is 0 Å². The Bertz CT molecular complexity index is 426. The highest BCUT2D eigenvalue weighted by Gasteiger charge is 2.22. The Morgan fingerprint density at radius 3 is 2.69 bits per heavy atom. The lowest BCUT2D eigenvalue weighted by atomic mass is 10.2. The van der Waals surface area contributed by atoms with E-state index in [4.69, 9.17) is 11.6 Å². The monoisotopic (exact) mass is 247 g/mol. The van der Waals surface area contributed by atoms with E-state index < -0.39 is 27.4 Å². The number of esters is 1. The number of carbonyl (C=O) groups excluding carboxylic acids is 1. The maximum atomic E-state index is 13.2. The maximum absolute atomic E-state index is 13.2. The van der Waals surface area contributed by atoms with Crippen LogP contribution in [-0.4, -0.2) is 17.5 Å². The van der Waals surface area contributed by atoms with E-state index in [-0.39, 0.29) is 12.2 Å². The minimum absolute atomic E-state index is 0.120. The normalized spacial score (nSPS) is 9.94. The van der Waals surface area contributed by atoms with Gasteiger partial charge in [0.05, 0.1) is 17.1 Å². The summed E-state index contributed by atoms with van der Waals surface area (Å²) in [5.74, 6) is -1.95. The number of hydrogen-bond donors (Lipinski definition) is 0. The van der Waals surface area contributed by atoms with Gasteiger partial charge in [0.25, 0.3) is 0 Å². The molecule has 1 rings (SSSR count). The minimum Gasteiger partial charge on any atom is -0.462 e. The first-order valence-electron chi connectivity index (χ1n) is 4.28. The van der Waals surface area contributed by atoms with E-state index in [2.05, 4.69) is 4.74 Å². The SMILES string of the molecule is CCOC(=O)c1cc(F)c([N+](=O)[O-])c(Cl)c1. The molecule has 0 atom stereocenters. The van der Waals surface area contributed by atoms with Gasteiger partial charge in [-0.2, -0.15) is 4.39 Å². The smallest absolute Gasteiger partial charge is 0.338 e. The van der Waals surface area contributed by atoms with Crippen molar-refractivity contribution in [2.45, 2.75) is 6.92 Å². The van der Waals surface area contributed by atoms with Crippen molar-refractivity contribution in [2.75, 3.05) is 6.61 Å². The summed E-state index contributed by atoms with van der Waals surface area (Å²) in [7, 11) is 0. The molecule has 1 aromatic rings. The molecule has 0 saturated heterocycles. The molecule has 0 heterocycles. The summed E-state index contributed by atoms with van der Waals surface area (Å²) in [6.45, 7) is 1.70. The zero-order valence-corrected chi connectivity index (χ0v) is 8.95. The third kappa shape index (κ3) is 2.46. The van der Waals surface area contributed by atoms with Crippen LogP contribution in [0.25, 0.3) is 0 Å². The third-order valence-electron chi connectivity index (χ3n) is 1.71. The standard InChI is InChI=1S/C9H7ClFNO4/c1-2-16-9(13)5-3-6(10)8(12(14)15)7(11)4-5/h3-4H,2H2,1H3. The Balaban J connectivity index is 3.19. The number of carbonyl (C=O) groups is 1. The van der Waals surface area contributed by atoms with Crippen molar-refractivity contribution in [1.82, 2.24) is 0 Å². The average Bonchev–Trinajstić information content (AvgIpc) is 2.16. The second kappa shape index (κ2) is 4.89.